The molecule has 3 atom stereocenters. The zero-order chi connectivity index (χ0) is 15.7. The Bertz CT molecular complexity index is 569. The molecule has 21 heavy (non-hydrogen) atoms. The van der Waals surface area contributed by atoms with Crippen molar-refractivity contribution in [3.05, 3.63) is 23.8 Å². The molecule has 0 aliphatic carbocycles. The summed E-state index contributed by atoms with van der Waals surface area (Å²) in [5, 5.41) is 9.42. The van der Waals surface area contributed by atoms with E-state index in [-0.39, 0.29) is 24.3 Å². The zero-order valence-corrected chi connectivity index (χ0v) is 12.8. The van der Waals surface area contributed by atoms with Gasteiger partial charge in [-0.1, -0.05) is 6.92 Å². The maximum Gasteiger partial charge on any atom is 0.308 e. The minimum Gasteiger partial charge on any atom is -0.497 e. The van der Waals surface area contributed by atoms with Gasteiger partial charge in [-0.2, -0.15) is 0 Å². The summed E-state index contributed by atoms with van der Waals surface area (Å²) in [4.78, 5) is 25.5. The summed E-state index contributed by atoms with van der Waals surface area (Å²) in [6, 6.07) is 5.09. The number of carboxylic acid groups (broad SMARTS) is 1. The second-order valence-electron chi connectivity index (χ2n) is 5.70. The second-order valence-corrected chi connectivity index (χ2v) is 5.70. The van der Waals surface area contributed by atoms with E-state index in [1.54, 1.807) is 25.0 Å². The number of carbonyl (C=O) groups excluding carboxylic acids is 1. The number of carboxylic acids is 1. The number of aliphatic carboxylic acids is 1. The number of hydrogen-bond donors (Lipinski definition) is 1. The quantitative estimate of drug-likeness (QED) is 0.929. The number of amides is 1. The standard InChI is InChI=1S/C16H21NO4/c1-9-7-12(21-4)5-6-13(9)17-11(3)15(16(19)20)10(2)8-14(17)18/h5-7,10-11,15H,8H2,1-4H3,(H,19,20). The first kappa shape index (κ1) is 15.4. The van der Waals surface area contributed by atoms with Gasteiger partial charge < -0.3 is 14.7 Å². The SMILES string of the molecule is COc1ccc(N2C(=O)CC(C)C(C(=O)O)C2C)c(C)c1. The number of anilines is 1. The van der Waals surface area contributed by atoms with Crippen LogP contribution in [0.4, 0.5) is 5.69 Å². The Kier molecular flexibility index (Phi) is 4.21. The highest BCUT2D eigenvalue weighted by molar-refractivity contribution is 5.97. The minimum atomic E-state index is -0.848. The predicted octanol–water partition coefficient (Wildman–Crippen LogP) is 2.47. The van der Waals surface area contributed by atoms with Crippen LogP contribution in [0.1, 0.15) is 25.8 Å². The summed E-state index contributed by atoms with van der Waals surface area (Å²) in [6.07, 6.45) is 0.257. The molecule has 1 aliphatic heterocycles. The fourth-order valence-electron chi connectivity index (χ4n) is 3.19. The lowest BCUT2D eigenvalue weighted by atomic mass is 9.80. The topological polar surface area (TPSA) is 66.8 Å². The molecule has 2 rings (SSSR count). The molecule has 3 unspecified atom stereocenters. The zero-order valence-electron chi connectivity index (χ0n) is 12.8. The lowest BCUT2D eigenvalue weighted by Crippen LogP contribution is -2.53. The van der Waals surface area contributed by atoms with Gasteiger partial charge in [0, 0.05) is 18.2 Å². The predicted molar refractivity (Wildman–Crippen MR) is 79.6 cm³/mol. The number of benzene rings is 1. The van der Waals surface area contributed by atoms with Crippen LogP contribution in [0.25, 0.3) is 0 Å². The lowest BCUT2D eigenvalue weighted by Gasteiger charge is -2.41. The van der Waals surface area contributed by atoms with Crippen molar-refractivity contribution in [1.82, 2.24) is 0 Å². The van der Waals surface area contributed by atoms with E-state index in [1.807, 2.05) is 26.0 Å². The minimum absolute atomic E-state index is 0.0271. The Balaban J connectivity index is 2.41. The van der Waals surface area contributed by atoms with Crippen LogP contribution >= 0.6 is 0 Å². The molecular formula is C16H21NO4. The van der Waals surface area contributed by atoms with Crippen LogP contribution in [-0.2, 0) is 9.59 Å². The van der Waals surface area contributed by atoms with Gasteiger partial charge in [0.2, 0.25) is 5.91 Å². The second kappa shape index (κ2) is 5.76. The molecule has 1 N–H and O–H groups in total. The van der Waals surface area contributed by atoms with E-state index in [2.05, 4.69) is 0 Å². The summed E-state index contributed by atoms with van der Waals surface area (Å²) in [5.74, 6) is -0.861. The van der Waals surface area contributed by atoms with Crippen LogP contribution < -0.4 is 9.64 Å². The maximum atomic E-state index is 12.4. The summed E-state index contributed by atoms with van der Waals surface area (Å²) < 4.78 is 5.17. The molecule has 0 radical (unpaired) electrons. The van der Waals surface area contributed by atoms with Gasteiger partial charge in [0.15, 0.2) is 0 Å². The number of aryl methyl sites for hydroxylation is 1. The van der Waals surface area contributed by atoms with E-state index >= 15 is 0 Å². The summed E-state index contributed by atoms with van der Waals surface area (Å²) in [5.41, 5.74) is 1.65. The number of rotatable bonds is 3. The van der Waals surface area contributed by atoms with Crippen molar-refractivity contribution >= 4 is 17.6 Å². The molecule has 5 heteroatoms. The van der Waals surface area contributed by atoms with E-state index in [9.17, 15) is 14.7 Å². The molecule has 114 valence electrons. The van der Waals surface area contributed by atoms with E-state index in [4.69, 9.17) is 4.74 Å². The number of piperidine rings is 1. The Hall–Kier alpha value is -2.04. The molecule has 1 saturated heterocycles. The van der Waals surface area contributed by atoms with Crippen molar-refractivity contribution in [3.63, 3.8) is 0 Å². The van der Waals surface area contributed by atoms with Gasteiger partial charge in [0.05, 0.1) is 13.0 Å². The first-order chi connectivity index (χ1) is 9.86. The van der Waals surface area contributed by atoms with Gasteiger partial charge in [-0.05, 0) is 43.5 Å². The highest BCUT2D eigenvalue weighted by Crippen LogP contribution is 2.36. The van der Waals surface area contributed by atoms with Gasteiger partial charge in [0.25, 0.3) is 0 Å². The van der Waals surface area contributed by atoms with Crippen molar-refractivity contribution in [2.24, 2.45) is 11.8 Å². The van der Waals surface area contributed by atoms with Gasteiger partial charge in [-0.3, -0.25) is 9.59 Å². The van der Waals surface area contributed by atoms with Gasteiger partial charge >= 0.3 is 5.97 Å². The third-order valence-electron chi connectivity index (χ3n) is 4.25. The van der Waals surface area contributed by atoms with Crippen molar-refractivity contribution in [2.45, 2.75) is 33.2 Å². The van der Waals surface area contributed by atoms with E-state index < -0.39 is 11.9 Å². The fraction of sp³-hybridized carbons (Fsp3) is 0.500. The molecule has 0 bridgehead atoms. The average molecular weight is 291 g/mol. The normalized spacial score (nSPS) is 25.8. The molecule has 1 aromatic carbocycles. The highest BCUT2D eigenvalue weighted by atomic mass is 16.5. The molecule has 1 fully saturated rings. The number of hydrogen-bond acceptors (Lipinski definition) is 3. The molecule has 0 spiro atoms. The third-order valence-corrected chi connectivity index (χ3v) is 4.25. The molecule has 5 nitrogen and oxygen atoms in total. The molecule has 0 saturated carbocycles. The Morgan fingerprint density at radius 2 is 2.05 bits per heavy atom. The van der Waals surface area contributed by atoms with Crippen LogP contribution in [0.15, 0.2) is 18.2 Å². The van der Waals surface area contributed by atoms with E-state index in [0.29, 0.717) is 0 Å². The highest BCUT2D eigenvalue weighted by Gasteiger charge is 2.42. The van der Waals surface area contributed by atoms with Gasteiger partial charge in [0.1, 0.15) is 5.75 Å². The van der Waals surface area contributed by atoms with Crippen molar-refractivity contribution in [3.8, 4) is 5.75 Å². The Morgan fingerprint density at radius 1 is 1.38 bits per heavy atom. The molecule has 1 amide bonds. The third kappa shape index (κ3) is 2.73. The van der Waals surface area contributed by atoms with Crippen LogP contribution in [0, 0.1) is 18.8 Å². The fourth-order valence-corrected chi connectivity index (χ4v) is 3.19. The number of methoxy groups -OCH3 is 1. The first-order valence-corrected chi connectivity index (χ1v) is 7.06. The summed E-state index contributed by atoms with van der Waals surface area (Å²) in [6.45, 7) is 5.52. The van der Waals surface area contributed by atoms with E-state index in [1.165, 1.54) is 0 Å². The van der Waals surface area contributed by atoms with Gasteiger partial charge in [-0.15, -0.1) is 0 Å². The molecule has 1 aromatic rings. The summed E-state index contributed by atoms with van der Waals surface area (Å²) >= 11 is 0. The summed E-state index contributed by atoms with van der Waals surface area (Å²) in [7, 11) is 1.59. The van der Waals surface area contributed by atoms with Crippen molar-refractivity contribution in [1.29, 1.82) is 0 Å². The molecule has 1 aliphatic rings. The first-order valence-electron chi connectivity index (χ1n) is 7.06. The molecule has 1 heterocycles. The maximum absolute atomic E-state index is 12.4. The van der Waals surface area contributed by atoms with E-state index in [0.717, 1.165) is 17.0 Å². The van der Waals surface area contributed by atoms with Crippen molar-refractivity contribution in [2.75, 3.05) is 12.0 Å². The Morgan fingerprint density at radius 3 is 2.57 bits per heavy atom. The van der Waals surface area contributed by atoms with Crippen molar-refractivity contribution < 1.29 is 19.4 Å². The van der Waals surface area contributed by atoms with Crippen LogP contribution in [0.5, 0.6) is 5.75 Å². The lowest BCUT2D eigenvalue weighted by molar-refractivity contribution is -0.146. The largest absolute Gasteiger partial charge is 0.497 e. The number of ether oxygens (including phenoxy) is 1. The average Bonchev–Trinajstić information content (AvgIpc) is 2.39. The van der Waals surface area contributed by atoms with Crippen LogP contribution in [0.2, 0.25) is 0 Å². The number of carbonyl (C=O) groups is 2. The van der Waals surface area contributed by atoms with Gasteiger partial charge in [-0.25, -0.2) is 0 Å². The number of nitrogens with zero attached hydrogens (tertiary/aromatic N) is 1. The Labute approximate surface area is 124 Å². The smallest absolute Gasteiger partial charge is 0.308 e. The monoisotopic (exact) mass is 291 g/mol. The van der Waals surface area contributed by atoms with Crippen LogP contribution in [0.3, 0.4) is 0 Å². The van der Waals surface area contributed by atoms with Crippen LogP contribution in [-0.4, -0.2) is 30.1 Å². The molecule has 0 aromatic heterocycles. The molecular weight excluding hydrogens is 270 g/mol.